The zero-order valence-electron chi connectivity index (χ0n) is 6.89. The predicted octanol–water partition coefficient (Wildman–Crippen LogP) is 3.30. The molecule has 2 rings (SSSR count). The molecular weight excluding hydrogens is 170 g/mol. The molecule has 0 radical (unpaired) electrons. The lowest BCUT2D eigenvalue weighted by atomic mass is 9.93. The first-order valence-electron chi connectivity index (χ1n) is 4.37. The molecule has 1 aromatic rings. The number of hydrogen-bond acceptors (Lipinski definition) is 1. The Labute approximate surface area is 77.7 Å². The van der Waals surface area contributed by atoms with Gasteiger partial charge in [0, 0.05) is 6.04 Å². The lowest BCUT2D eigenvalue weighted by Crippen LogP contribution is -2.26. The summed E-state index contributed by atoms with van der Waals surface area (Å²) in [6, 6.07) is 8.56. The van der Waals surface area contributed by atoms with Gasteiger partial charge >= 0.3 is 0 Å². The Balaban J connectivity index is 2.06. The summed E-state index contributed by atoms with van der Waals surface area (Å²) in [5.41, 5.74) is 1.07. The molecule has 1 saturated carbocycles. The highest BCUT2D eigenvalue weighted by molar-refractivity contribution is 6.33. The van der Waals surface area contributed by atoms with Crippen LogP contribution in [0.5, 0.6) is 0 Å². The Kier molecular flexibility index (Phi) is 2.22. The lowest BCUT2D eigenvalue weighted by molar-refractivity contribution is 0.445. The van der Waals surface area contributed by atoms with Gasteiger partial charge in [-0.3, -0.25) is 0 Å². The maximum atomic E-state index is 5.99. The van der Waals surface area contributed by atoms with Crippen LogP contribution in [0.1, 0.15) is 19.3 Å². The minimum Gasteiger partial charge on any atom is -0.381 e. The minimum absolute atomic E-state index is 0.657. The maximum Gasteiger partial charge on any atom is 0.0637 e. The van der Waals surface area contributed by atoms with E-state index in [-0.39, 0.29) is 0 Å². The molecule has 1 aromatic carbocycles. The summed E-state index contributed by atoms with van der Waals surface area (Å²) in [6.07, 6.45) is 3.92. The van der Waals surface area contributed by atoms with E-state index in [2.05, 4.69) is 5.32 Å². The summed E-state index contributed by atoms with van der Waals surface area (Å²) in [5.74, 6) is 0. The van der Waals surface area contributed by atoms with Gasteiger partial charge in [0.15, 0.2) is 0 Å². The number of para-hydroxylation sites is 1. The Morgan fingerprint density at radius 3 is 2.58 bits per heavy atom. The van der Waals surface area contributed by atoms with E-state index in [9.17, 15) is 0 Å². The normalized spacial score (nSPS) is 17.1. The van der Waals surface area contributed by atoms with Crippen LogP contribution in [0.15, 0.2) is 24.3 Å². The third-order valence-corrected chi connectivity index (χ3v) is 2.67. The average Bonchev–Trinajstić information content (AvgIpc) is 2.00. The fourth-order valence-corrected chi connectivity index (χ4v) is 1.54. The Morgan fingerprint density at radius 2 is 2.00 bits per heavy atom. The second kappa shape index (κ2) is 3.36. The predicted molar refractivity (Wildman–Crippen MR) is 52.7 cm³/mol. The van der Waals surface area contributed by atoms with Crippen LogP contribution in [0.25, 0.3) is 0 Å². The molecule has 0 aromatic heterocycles. The smallest absolute Gasteiger partial charge is 0.0637 e. The molecule has 1 N–H and O–H groups in total. The van der Waals surface area contributed by atoms with Crippen molar-refractivity contribution in [3.05, 3.63) is 29.3 Å². The Bertz CT molecular complexity index is 268. The SMILES string of the molecule is Clc1ccccc1NC1CCC1. The first kappa shape index (κ1) is 7.93. The molecule has 0 saturated heterocycles. The first-order valence-corrected chi connectivity index (χ1v) is 4.75. The average molecular weight is 182 g/mol. The molecule has 0 unspecified atom stereocenters. The molecule has 0 bridgehead atoms. The molecular formula is C10H12ClN. The quantitative estimate of drug-likeness (QED) is 0.738. The maximum absolute atomic E-state index is 5.99. The lowest BCUT2D eigenvalue weighted by Gasteiger charge is -2.27. The van der Waals surface area contributed by atoms with E-state index in [1.165, 1.54) is 19.3 Å². The second-order valence-electron chi connectivity index (χ2n) is 3.25. The largest absolute Gasteiger partial charge is 0.381 e. The molecule has 0 amide bonds. The van der Waals surface area contributed by atoms with Crippen molar-refractivity contribution >= 4 is 17.3 Å². The molecule has 12 heavy (non-hydrogen) atoms. The van der Waals surface area contributed by atoms with Crippen LogP contribution in [0.4, 0.5) is 5.69 Å². The molecule has 1 aliphatic rings. The van der Waals surface area contributed by atoms with E-state index in [0.29, 0.717) is 6.04 Å². The fraction of sp³-hybridized carbons (Fsp3) is 0.400. The molecule has 0 atom stereocenters. The zero-order chi connectivity index (χ0) is 8.39. The number of halogens is 1. The molecule has 0 spiro atoms. The molecule has 0 heterocycles. The summed E-state index contributed by atoms with van der Waals surface area (Å²) >= 11 is 5.99. The minimum atomic E-state index is 0.657. The molecule has 1 aliphatic carbocycles. The topological polar surface area (TPSA) is 12.0 Å². The Hall–Kier alpha value is -0.690. The van der Waals surface area contributed by atoms with Crippen molar-refractivity contribution in [2.45, 2.75) is 25.3 Å². The first-order chi connectivity index (χ1) is 5.86. The van der Waals surface area contributed by atoms with Crippen LogP contribution in [0, 0.1) is 0 Å². The summed E-state index contributed by atoms with van der Waals surface area (Å²) in [5, 5.41) is 4.24. The van der Waals surface area contributed by atoms with Crippen molar-refractivity contribution in [1.82, 2.24) is 0 Å². The van der Waals surface area contributed by atoms with E-state index in [1.807, 2.05) is 24.3 Å². The van der Waals surface area contributed by atoms with Gasteiger partial charge in [-0.2, -0.15) is 0 Å². The summed E-state index contributed by atoms with van der Waals surface area (Å²) in [4.78, 5) is 0. The molecule has 64 valence electrons. The zero-order valence-corrected chi connectivity index (χ0v) is 7.64. The van der Waals surface area contributed by atoms with Crippen molar-refractivity contribution in [3.8, 4) is 0 Å². The van der Waals surface area contributed by atoms with Crippen molar-refractivity contribution < 1.29 is 0 Å². The second-order valence-corrected chi connectivity index (χ2v) is 3.66. The van der Waals surface area contributed by atoms with Crippen molar-refractivity contribution in [3.63, 3.8) is 0 Å². The van der Waals surface area contributed by atoms with Crippen LogP contribution in [-0.2, 0) is 0 Å². The van der Waals surface area contributed by atoms with E-state index in [1.54, 1.807) is 0 Å². The van der Waals surface area contributed by atoms with Gasteiger partial charge in [-0.1, -0.05) is 23.7 Å². The summed E-state index contributed by atoms with van der Waals surface area (Å²) < 4.78 is 0. The molecule has 1 nitrogen and oxygen atoms in total. The number of hydrogen-bond donors (Lipinski definition) is 1. The fourth-order valence-electron chi connectivity index (χ4n) is 1.35. The van der Waals surface area contributed by atoms with Crippen LogP contribution in [0.3, 0.4) is 0 Å². The molecule has 2 heteroatoms. The van der Waals surface area contributed by atoms with E-state index >= 15 is 0 Å². The highest BCUT2D eigenvalue weighted by Gasteiger charge is 2.17. The van der Waals surface area contributed by atoms with Crippen molar-refractivity contribution in [2.75, 3.05) is 5.32 Å². The van der Waals surface area contributed by atoms with Crippen LogP contribution in [0.2, 0.25) is 5.02 Å². The van der Waals surface area contributed by atoms with Gasteiger partial charge in [-0.05, 0) is 31.4 Å². The van der Waals surface area contributed by atoms with Gasteiger partial charge in [-0.25, -0.2) is 0 Å². The highest BCUT2D eigenvalue weighted by atomic mass is 35.5. The van der Waals surface area contributed by atoms with E-state index in [4.69, 9.17) is 11.6 Å². The highest BCUT2D eigenvalue weighted by Crippen LogP contribution is 2.27. The van der Waals surface area contributed by atoms with E-state index in [0.717, 1.165) is 10.7 Å². The third kappa shape index (κ3) is 1.56. The monoisotopic (exact) mass is 181 g/mol. The van der Waals surface area contributed by atoms with Crippen molar-refractivity contribution in [2.24, 2.45) is 0 Å². The van der Waals surface area contributed by atoms with Gasteiger partial charge in [-0.15, -0.1) is 0 Å². The Morgan fingerprint density at radius 1 is 1.25 bits per heavy atom. The van der Waals surface area contributed by atoms with Gasteiger partial charge in [0.25, 0.3) is 0 Å². The van der Waals surface area contributed by atoms with Crippen LogP contribution >= 0.6 is 11.6 Å². The summed E-state index contributed by atoms with van der Waals surface area (Å²) in [6.45, 7) is 0. The molecule has 1 fully saturated rings. The number of anilines is 1. The van der Waals surface area contributed by atoms with Crippen LogP contribution < -0.4 is 5.32 Å². The standard InChI is InChI=1S/C10H12ClN/c11-9-6-1-2-7-10(9)12-8-4-3-5-8/h1-2,6-8,12H,3-5H2. The number of nitrogens with one attached hydrogen (secondary N) is 1. The van der Waals surface area contributed by atoms with Gasteiger partial charge in [0.05, 0.1) is 10.7 Å². The number of benzene rings is 1. The van der Waals surface area contributed by atoms with Gasteiger partial charge in [0.1, 0.15) is 0 Å². The third-order valence-electron chi connectivity index (χ3n) is 2.34. The number of rotatable bonds is 2. The molecule has 0 aliphatic heterocycles. The van der Waals surface area contributed by atoms with Crippen LogP contribution in [-0.4, -0.2) is 6.04 Å². The summed E-state index contributed by atoms with van der Waals surface area (Å²) in [7, 11) is 0. The van der Waals surface area contributed by atoms with Gasteiger partial charge < -0.3 is 5.32 Å². The van der Waals surface area contributed by atoms with E-state index < -0.39 is 0 Å². The van der Waals surface area contributed by atoms with Crippen molar-refractivity contribution in [1.29, 1.82) is 0 Å². The van der Waals surface area contributed by atoms with Gasteiger partial charge in [0.2, 0.25) is 0 Å².